The standard InChI is InChI=1S/C12H15N3O3S2/c1-7(2)15-11(10-8(18-3)4-5-19-10)13-14-12(15)20-6-9(16)17/h4-5,7H,6H2,1-3H3,(H,16,17). The van der Waals surface area contributed by atoms with Crippen LogP contribution in [0.2, 0.25) is 0 Å². The van der Waals surface area contributed by atoms with Gasteiger partial charge in [-0.1, -0.05) is 11.8 Å². The molecule has 6 nitrogen and oxygen atoms in total. The second kappa shape index (κ2) is 6.27. The largest absolute Gasteiger partial charge is 0.495 e. The van der Waals surface area contributed by atoms with Crippen molar-refractivity contribution in [1.29, 1.82) is 0 Å². The van der Waals surface area contributed by atoms with Crippen LogP contribution in [0.5, 0.6) is 5.75 Å². The first-order valence-corrected chi connectivity index (χ1v) is 7.82. The number of carboxylic acid groups (broad SMARTS) is 1. The zero-order chi connectivity index (χ0) is 14.7. The summed E-state index contributed by atoms with van der Waals surface area (Å²) in [4.78, 5) is 11.6. The normalized spacial score (nSPS) is 11.0. The molecule has 0 aliphatic rings. The van der Waals surface area contributed by atoms with E-state index in [-0.39, 0.29) is 11.8 Å². The molecule has 0 atom stereocenters. The Labute approximate surface area is 124 Å². The molecule has 0 aromatic carbocycles. The second-order valence-electron chi connectivity index (χ2n) is 4.27. The summed E-state index contributed by atoms with van der Waals surface area (Å²) in [6, 6.07) is 2.01. The molecule has 0 amide bonds. The molecule has 1 N–H and O–H groups in total. The minimum Gasteiger partial charge on any atom is -0.495 e. The Morgan fingerprint density at radius 3 is 2.90 bits per heavy atom. The van der Waals surface area contributed by atoms with Gasteiger partial charge in [-0.05, 0) is 25.3 Å². The molecule has 2 aromatic rings. The quantitative estimate of drug-likeness (QED) is 0.826. The average Bonchev–Trinajstić information content (AvgIpc) is 3.01. The molecule has 0 aliphatic heterocycles. The fourth-order valence-electron chi connectivity index (χ4n) is 1.74. The molecule has 0 bridgehead atoms. The van der Waals surface area contributed by atoms with Crippen LogP contribution < -0.4 is 4.74 Å². The molecule has 0 spiro atoms. The minimum absolute atomic E-state index is 0.0353. The van der Waals surface area contributed by atoms with Crippen LogP contribution in [-0.4, -0.2) is 38.7 Å². The van der Waals surface area contributed by atoms with E-state index < -0.39 is 5.97 Å². The highest BCUT2D eigenvalue weighted by Gasteiger charge is 2.21. The number of aromatic nitrogens is 3. The summed E-state index contributed by atoms with van der Waals surface area (Å²) in [5.74, 6) is 0.550. The number of nitrogens with zero attached hydrogens (tertiary/aromatic N) is 3. The summed E-state index contributed by atoms with van der Waals surface area (Å²) in [5, 5.41) is 19.6. The van der Waals surface area contributed by atoms with E-state index in [0.717, 1.165) is 10.6 Å². The number of aliphatic carboxylic acids is 1. The molecule has 8 heteroatoms. The molecule has 2 heterocycles. The van der Waals surface area contributed by atoms with Gasteiger partial charge in [-0.25, -0.2) is 0 Å². The predicted molar refractivity (Wildman–Crippen MR) is 78.6 cm³/mol. The van der Waals surface area contributed by atoms with E-state index in [1.54, 1.807) is 7.11 Å². The smallest absolute Gasteiger partial charge is 0.313 e. The first-order valence-electron chi connectivity index (χ1n) is 5.96. The van der Waals surface area contributed by atoms with Crippen LogP contribution in [0, 0.1) is 0 Å². The van der Waals surface area contributed by atoms with Gasteiger partial charge < -0.3 is 9.84 Å². The predicted octanol–water partition coefficient (Wildman–Crippen LogP) is 2.77. The Hall–Kier alpha value is -1.54. The lowest BCUT2D eigenvalue weighted by molar-refractivity contribution is -0.133. The third kappa shape index (κ3) is 2.96. The van der Waals surface area contributed by atoms with Crippen molar-refractivity contribution in [3.8, 4) is 16.5 Å². The fraction of sp³-hybridized carbons (Fsp3) is 0.417. The maximum absolute atomic E-state index is 10.7. The molecule has 0 saturated carbocycles. The first kappa shape index (κ1) is 14.9. The van der Waals surface area contributed by atoms with Crippen molar-refractivity contribution in [2.75, 3.05) is 12.9 Å². The van der Waals surface area contributed by atoms with Crippen LogP contribution >= 0.6 is 23.1 Å². The summed E-state index contributed by atoms with van der Waals surface area (Å²) < 4.78 is 7.24. The first-order chi connectivity index (χ1) is 9.54. The number of ether oxygens (including phenoxy) is 1. The van der Waals surface area contributed by atoms with E-state index in [1.807, 2.05) is 29.9 Å². The Kier molecular flexibility index (Phi) is 4.66. The third-order valence-corrected chi connectivity index (χ3v) is 4.38. The van der Waals surface area contributed by atoms with E-state index in [4.69, 9.17) is 9.84 Å². The lowest BCUT2D eigenvalue weighted by Gasteiger charge is -2.13. The third-order valence-electron chi connectivity index (χ3n) is 2.56. The number of hydrogen-bond donors (Lipinski definition) is 1. The molecular weight excluding hydrogens is 298 g/mol. The topological polar surface area (TPSA) is 77.2 Å². The number of methoxy groups -OCH3 is 1. The highest BCUT2D eigenvalue weighted by atomic mass is 32.2. The van der Waals surface area contributed by atoms with Gasteiger partial charge in [0, 0.05) is 6.04 Å². The summed E-state index contributed by atoms with van der Waals surface area (Å²) in [6.07, 6.45) is 0. The zero-order valence-electron chi connectivity index (χ0n) is 11.4. The van der Waals surface area contributed by atoms with Gasteiger partial charge in [0.15, 0.2) is 11.0 Å². The molecule has 2 rings (SSSR count). The van der Waals surface area contributed by atoms with Gasteiger partial charge in [-0.2, -0.15) is 0 Å². The molecule has 108 valence electrons. The average molecular weight is 313 g/mol. The molecule has 0 saturated heterocycles. The number of thioether (sulfide) groups is 1. The van der Waals surface area contributed by atoms with Gasteiger partial charge in [-0.3, -0.25) is 9.36 Å². The van der Waals surface area contributed by atoms with Gasteiger partial charge in [0.2, 0.25) is 0 Å². The van der Waals surface area contributed by atoms with Crippen LogP contribution in [0.1, 0.15) is 19.9 Å². The van der Waals surface area contributed by atoms with Crippen LogP contribution in [0.4, 0.5) is 0 Å². The van der Waals surface area contributed by atoms with E-state index in [0.29, 0.717) is 11.0 Å². The summed E-state index contributed by atoms with van der Waals surface area (Å²) in [5.41, 5.74) is 0. The Balaban J connectivity index is 2.41. The monoisotopic (exact) mass is 313 g/mol. The van der Waals surface area contributed by atoms with Crippen molar-refractivity contribution in [1.82, 2.24) is 14.8 Å². The van der Waals surface area contributed by atoms with Crippen molar-refractivity contribution in [3.05, 3.63) is 11.4 Å². The molecule has 20 heavy (non-hydrogen) atoms. The van der Waals surface area contributed by atoms with Gasteiger partial charge >= 0.3 is 5.97 Å². The lowest BCUT2D eigenvalue weighted by Crippen LogP contribution is -2.06. The summed E-state index contributed by atoms with van der Waals surface area (Å²) in [6.45, 7) is 4.02. The van der Waals surface area contributed by atoms with Crippen molar-refractivity contribution in [2.24, 2.45) is 0 Å². The highest BCUT2D eigenvalue weighted by Crippen LogP contribution is 2.37. The number of hydrogen-bond acceptors (Lipinski definition) is 6. The van der Waals surface area contributed by atoms with Crippen molar-refractivity contribution in [2.45, 2.75) is 25.0 Å². The molecular formula is C12H15N3O3S2. The van der Waals surface area contributed by atoms with Crippen LogP contribution in [-0.2, 0) is 4.79 Å². The maximum Gasteiger partial charge on any atom is 0.313 e. The number of rotatable bonds is 6. The van der Waals surface area contributed by atoms with Gasteiger partial charge in [0.25, 0.3) is 0 Å². The molecule has 0 unspecified atom stereocenters. The van der Waals surface area contributed by atoms with E-state index in [9.17, 15) is 4.79 Å². The summed E-state index contributed by atoms with van der Waals surface area (Å²) >= 11 is 2.69. The number of carbonyl (C=O) groups is 1. The van der Waals surface area contributed by atoms with Gasteiger partial charge in [0.05, 0.1) is 12.9 Å². The van der Waals surface area contributed by atoms with E-state index >= 15 is 0 Å². The number of thiophene rings is 1. The number of carboxylic acids is 1. The Morgan fingerprint density at radius 2 is 2.30 bits per heavy atom. The van der Waals surface area contributed by atoms with E-state index in [2.05, 4.69) is 10.2 Å². The summed E-state index contributed by atoms with van der Waals surface area (Å²) in [7, 11) is 1.61. The molecule has 0 radical (unpaired) electrons. The van der Waals surface area contributed by atoms with Crippen molar-refractivity contribution < 1.29 is 14.6 Å². The van der Waals surface area contributed by atoms with E-state index in [1.165, 1.54) is 23.1 Å². The fourth-order valence-corrected chi connectivity index (χ4v) is 3.37. The van der Waals surface area contributed by atoms with Crippen molar-refractivity contribution in [3.63, 3.8) is 0 Å². The van der Waals surface area contributed by atoms with Gasteiger partial charge in [0.1, 0.15) is 10.6 Å². The minimum atomic E-state index is -0.872. The Bertz CT molecular complexity index is 607. The SMILES string of the molecule is COc1ccsc1-c1nnc(SCC(=O)O)n1C(C)C. The van der Waals surface area contributed by atoms with Crippen molar-refractivity contribution >= 4 is 29.1 Å². The molecule has 2 aromatic heterocycles. The Morgan fingerprint density at radius 1 is 1.55 bits per heavy atom. The maximum atomic E-state index is 10.7. The highest BCUT2D eigenvalue weighted by molar-refractivity contribution is 7.99. The second-order valence-corrected chi connectivity index (χ2v) is 6.13. The molecule has 0 aliphatic carbocycles. The van der Waals surface area contributed by atoms with Crippen LogP contribution in [0.15, 0.2) is 16.6 Å². The zero-order valence-corrected chi connectivity index (χ0v) is 13.0. The molecule has 0 fully saturated rings. The van der Waals surface area contributed by atoms with Crippen LogP contribution in [0.3, 0.4) is 0 Å². The lowest BCUT2D eigenvalue weighted by atomic mass is 10.3. The van der Waals surface area contributed by atoms with Crippen LogP contribution in [0.25, 0.3) is 10.7 Å². The van der Waals surface area contributed by atoms with Gasteiger partial charge in [-0.15, -0.1) is 21.5 Å².